The minimum Gasteiger partial charge on any atom is -0.313 e. The predicted octanol–water partition coefficient (Wildman–Crippen LogP) is 2.62. The SMILES string of the molecule is CCNCc1cc(Cl)cc(S(=O)(=O)NCCCSC)c1F. The molecule has 1 rings (SSSR count). The summed E-state index contributed by atoms with van der Waals surface area (Å²) in [6.07, 6.45) is 2.63. The van der Waals surface area contributed by atoms with Crippen molar-refractivity contribution < 1.29 is 12.8 Å². The molecule has 0 atom stereocenters. The van der Waals surface area contributed by atoms with Gasteiger partial charge < -0.3 is 5.32 Å². The predicted molar refractivity (Wildman–Crippen MR) is 87.0 cm³/mol. The van der Waals surface area contributed by atoms with E-state index in [0.717, 1.165) is 11.8 Å². The highest BCUT2D eigenvalue weighted by atomic mass is 35.5. The number of halogens is 2. The molecule has 0 amide bonds. The number of rotatable bonds is 9. The molecule has 0 aliphatic heterocycles. The van der Waals surface area contributed by atoms with E-state index < -0.39 is 20.7 Å². The quantitative estimate of drug-likeness (QED) is 0.669. The molecule has 0 heterocycles. The maximum Gasteiger partial charge on any atom is 0.243 e. The van der Waals surface area contributed by atoms with Crippen LogP contribution in [0, 0.1) is 5.82 Å². The Morgan fingerprint density at radius 3 is 2.71 bits per heavy atom. The normalized spacial score (nSPS) is 11.8. The molecule has 0 fully saturated rings. The first-order chi connectivity index (χ1) is 9.92. The lowest BCUT2D eigenvalue weighted by Gasteiger charge is -2.11. The standard InChI is InChI=1S/C13H20ClFN2O2S2/c1-3-16-9-10-7-11(14)8-12(13(10)15)21(18,19)17-5-4-6-20-2/h7-8,16-17H,3-6,9H2,1-2H3. The van der Waals surface area contributed by atoms with Crippen LogP contribution in [0.3, 0.4) is 0 Å². The third-order valence-electron chi connectivity index (χ3n) is 2.75. The molecule has 1 aromatic rings. The van der Waals surface area contributed by atoms with Crippen molar-refractivity contribution in [2.24, 2.45) is 0 Å². The Kier molecular flexibility index (Phi) is 7.97. The average molecular weight is 355 g/mol. The van der Waals surface area contributed by atoms with Gasteiger partial charge in [-0.15, -0.1) is 0 Å². The summed E-state index contributed by atoms with van der Waals surface area (Å²) in [4.78, 5) is -0.396. The van der Waals surface area contributed by atoms with Gasteiger partial charge in [-0.1, -0.05) is 18.5 Å². The van der Waals surface area contributed by atoms with E-state index in [2.05, 4.69) is 10.0 Å². The fourth-order valence-electron chi connectivity index (χ4n) is 1.70. The summed E-state index contributed by atoms with van der Waals surface area (Å²) in [6.45, 7) is 3.05. The molecular formula is C13H20ClFN2O2S2. The van der Waals surface area contributed by atoms with Gasteiger partial charge in [0.1, 0.15) is 10.7 Å². The zero-order valence-corrected chi connectivity index (χ0v) is 14.5. The number of thioether (sulfide) groups is 1. The van der Waals surface area contributed by atoms with Crippen molar-refractivity contribution in [3.63, 3.8) is 0 Å². The Bertz CT molecular complexity index is 568. The molecule has 0 saturated carbocycles. The zero-order valence-electron chi connectivity index (χ0n) is 12.1. The maximum atomic E-state index is 14.3. The summed E-state index contributed by atoms with van der Waals surface area (Å²) < 4.78 is 41.0. The van der Waals surface area contributed by atoms with E-state index in [9.17, 15) is 12.8 Å². The van der Waals surface area contributed by atoms with Crippen LogP contribution in [-0.4, -0.2) is 33.5 Å². The topological polar surface area (TPSA) is 58.2 Å². The molecule has 1 aromatic carbocycles. The van der Waals surface area contributed by atoms with Gasteiger partial charge in [0, 0.05) is 23.7 Å². The van der Waals surface area contributed by atoms with Gasteiger partial charge >= 0.3 is 0 Å². The van der Waals surface area contributed by atoms with E-state index in [1.807, 2.05) is 13.2 Å². The van der Waals surface area contributed by atoms with Crippen LogP contribution in [-0.2, 0) is 16.6 Å². The van der Waals surface area contributed by atoms with Gasteiger partial charge in [0.2, 0.25) is 10.0 Å². The van der Waals surface area contributed by atoms with E-state index in [1.165, 1.54) is 6.07 Å². The van der Waals surface area contributed by atoms with E-state index in [1.54, 1.807) is 11.8 Å². The molecule has 8 heteroatoms. The van der Waals surface area contributed by atoms with Crippen LogP contribution in [0.2, 0.25) is 5.02 Å². The monoisotopic (exact) mass is 354 g/mol. The van der Waals surface area contributed by atoms with E-state index >= 15 is 0 Å². The number of hydrogen-bond acceptors (Lipinski definition) is 4. The van der Waals surface area contributed by atoms with E-state index in [-0.39, 0.29) is 23.7 Å². The number of nitrogens with one attached hydrogen (secondary N) is 2. The van der Waals surface area contributed by atoms with Crippen molar-refractivity contribution in [3.8, 4) is 0 Å². The van der Waals surface area contributed by atoms with Gasteiger partial charge in [0.25, 0.3) is 0 Å². The molecule has 0 bridgehead atoms. The van der Waals surface area contributed by atoms with E-state index in [0.29, 0.717) is 13.0 Å². The van der Waals surface area contributed by atoms with Crippen LogP contribution in [0.5, 0.6) is 0 Å². The first kappa shape index (κ1) is 18.7. The molecule has 0 aliphatic carbocycles. The van der Waals surface area contributed by atoms with Gasteiger partial charge in [0.15, 0.2) is 0 Å². The minimum absolute atomic E-state index is 0.203. The summed E-state index contributed by atoms with van der Waals surface area (Å²) in [5.41, 5.74) is 0.244. The average Bonchev–Trinajstić information content (AvgIpc) is 2.44. The molecule has 0 saturated heterocycles. The van der Waals surface area contributed by atoms with Gasteiger partial charge in [-0.25, -0.2) is 17.5 Å². The van der Waals surface area contributed by atoms with Crippen LogP contribution in [0.1, 0.15) is 18.9 Å². The summed E-state index contributed by atoms with van der Waals surface area (Å²) in [5, 5.41) is 3.16. The van der Waals surface area contributed by atoms with Gasteiger partial charge in [-0.3, -0.25) is 0 Å². The highest BCUT2D eigenvalue weighted by Crippen LogP contribution is 2.23. The van der Waals surface area contributed by atoms with Crippen molar-refractivity contribution in [1.29, 1.82) is 0 Å². The van der Waals surface area contributed by atoms with E-state index in [4.69, 9.17) is 11.6 Å². The molecule has 0 radical (unpaired) electrons. The summed E-state index contributed by atoms with van der Waals surface area (Å²) in [6, 6.07) is 2.58. The molecule has 2 N–H and O–H groups in total. The third kappa shape index (κ3) is 5.75. The van der Waals surface area contributed by atoms with Gasteiger partial charge in [-0.2, -0.15) is 11.8 Å². The minimum atomic E-state index is -3.89. The van der Waals surface area contributed by atoms with Crippen molar-refractivity contribution in [2.45, 2.75) is 24.8 Å². The second-order valence-electron chi connectivity index (χ2n) is 4.40. The Morgan fingerprint density at radius 1 is 1.38 bits per heavy atom. The van der Waals surface area contributed by atoms with Crippen molar-refractivity contribution in [2.75, 3.05) is 25.1 Å². The second-order valence-corrected chi connectivity index (χ2v) is 7.56. The van der Waals surface area contributed by atoms with Crippen molar-refractivity contribution in [3.05, 3.63) is 28.5 Å². The fraction of sp³-hybridized carbons (Fsp3) is 0.538. The zero-order chi connectivity index (χ0) is 15.9. The summed E-state index contributed by atoms with van der Waals surface area (Å²) >= 11 is 7.53. The van der Waals surface area contributed by atoms with Crippen molar-refractivity contribution >= 4 is 33.4 Å². The molecular weight excluding hydrogens is 335 g/mol. The Labute approximate surface area is 134 Å². The second kappa shape index (κ2) is 8.95. The molecule has 0 aliphatic rings. The lowest BCUT2D eigenvalue weighted by atomic mass is 10.2. The highest BCUT2D eigenvalue weighted by Gasteiger charge is 2.21. The molecule has 4 nitrogen and oxygen atoms in total. The maximum absolute atomic E-state index is 14.3. The van der Waals surface area contributed by atoms with Gasteiger partial charge in [-0.05, 0) is 37.1 Å². The molecule has 0 unspecified atom stereocenters. The molecule has 0 spiro atoms. The Balaban J connectivity index is 2.97. The smallest absolute Gasteiger partial charge is 0.243 e. The largest absolute Gasteiger partial charge is 0.313 e. The van der Waals surface area contributed by atoms with Crippen molar-refractivity contribution in [1.82, 2.24) is 10.0 Å². The fourth-order valence-corrected chi connectivity index (χ4v) is 3.66. The third-order valence-corrected chi connectivity index (χ3v) is 5.13. The summed E-state index contributed by atoms with van der Waals surface area (Å²) in [7, 11) is -3.89. The first-order valence-corrected chi connectivity index (χ1v) is 9.85. The number of benzene rings is 1. The molecule has 120 valence electrons. The molecule has 21 heavy (non-hydrogen) atoms. The van der Waals surface area contributed by atoms with Crippen LogP contribution in [0.25, 0.3) is 0 Å². The summed E-state index contributed by atoms with van der Waals surface area (Å²) in [5.74, 6) is 0.0874. The molecule has 0 aromatic heterocycles. The lowest BCUT2D eigenvalue weighted by Crippen LogP contribution is -2.26. The first-order valence-electron chi connectivity index (χ1n) is 6.59. The van der Waals surface area contributed by atoms with Gasteiger partial charge in [0.05, 0.1) is 0 Å². The Hall–Kier alpha value is -0.340. The number of sulfonamides is 1. The Morgan fingerprint density at radius 2 is 2.10 bits per heavy atom. The van der Waals surface area contributed by atoms with Crippen LogP contribution in [0.4, 0.5) is 4.39 Å². The van der Waals surface area contributed by atoms with Crippen LogP contribution >= 0.6 is 23.4 Å². The highest BCUT2D eigenvalue weighted by molar-refractivity contribution is 7.98. The van der Waals surface area contributed by atoms with Crippen LogP contribution < -0.4 is 10.0 Å². The van der Waals surface area contributed by atoms with Crippen LogP contribution in [0.15, 0.2) is 17.0 Å². The number of hydrogen-bond donors (Lipinski definition) is 2. The lowest BCUT2D eigenvalue weighted by molar-refractivity contribution is 0.543.